The van der Waals surface area contributed by atoms with E-state index in [0.29, 0.717) is 17.5 Å². The van der Waals surface area contributed by atoms with Crippen LogP contribution in [0.2, 0.25) is 0 Å². The fourth-order valence-electron chi connectivity index (χ4n) is 3.53. The fraction of sp³-hybridized carbons (Fsp3) is 0.480. The molecule has 2 rings (SSSR count). The molecule has 0 saturated carbocycles. The Morgan fingerprint density at radius 1 is 0.893 bits per heavy atom. The lowest BCUT2D eigenvalue weighted by Crippen LogP contribution is -2.10. The second kappa shape index (κ2) is 12.4. The standard InChI is InChI=1S/C25H34O3/c1-2-3-4-5-6-7-8-12-15-22(26)18-20-16-17-23(24(27)19-20)25(28)21-13-10-9-11-14-21/h9-11,13-14,16-17,19,22,26-27H,2-8,12,15,18H2,1H3. The van der Waals surface area contributed by atoms with Crippen LogP contribution in [0.25, 0.3) is 0 Å². The van der Waals surface area contributed by atoms with Crippen molar-refractivity contribution in [2.45, 2.75) is 77.2 Å². The van der Waals surface area contributed by atoms with Gasteiger partial charge in [0.05, 0.1) is 11.7 Å². The van der Waals surface area contributed by atoms with E-state index in [0.717, 1.165) is 18.4 Å². The number of aliphatic hydroxyl groups is 1. The van der Waals surface area contributed by atoms with Gasteiger partial charge in [0.2, 0.25) is 0 Å². The van der Waals surface area contributed by atoms with E-state index in [1.807, 2.05) is 12.1 Å². The van der Waals surface area contributed by atoms with Gasteiger partial charge in [0, 0.05) is 5.56 Å². The molecule has 2 aromatic carbocycles. The SMILES string of the molecule is CCCCCCCCCCC(O)Cc1ccc(C(=O)c2ccccc2)c(O)c1. The molecule has 0 spiro atoms. The molecule has 0 bridgehead atoms. The van der Waals surface area contributed by atoms with E-state index in [2.05, 4.69) is 6.92 Å². The van der Waals surface area contributed by atoms with Crippen LogP contribution in [0.3, 0.4) is 0 Å². The molecule has 0 aromatic heterocycles. The summed E-state index contributed by atoms with van der Waals surface area (Å²) in [6.07, 6.45) is 10.9. The molecule has 0 aliphatic heterocycles. The topological polar surface area (TPSA) is 57.5 Å². The number of rotatable bonds is 13. The van der Waals surface area contributed by atoms with Gasteiger partial charge in [-0.25, -0.2) is 0 Å². The van der Waals surface area contributed by atoms with Gasteiger partial charge in [0.25, 0.3) is 0 Å². The number of carbonyl (C=O) groups is 1. The van der Waals surface area contributed by atoms with Gasteiger partial charge in [-0.15, -0.1) is 0 Å². The first-order valence-electron chi connectivity index (χ1n) is 10.7. The zero-order valence-corrected chi connectivity index (χ0v) is 17.1. The summed E-state index contributed by atoms with van der Waals surface area (Å²) in [6, 6.07) is 14.0. The molecule has 0 aliphatic rings. The lowest BCUT2D eigenvalue weighted by molar-refractivity contribution is 0.103. The van der Waals surface area contributed by atoms with Gasteiger partial charge < -0.3 is 10.2 Å². The van der Waals surface area contributed by atoms with Crippen LogP contribution in [0.4, 0.5) is 0 Å². The lowest BCUT2D eigenvalue weighted by Gasteiger charge is -2.12. The molecule has 3 nitrogen and oxygen atoms in total. The van der Waals surface area contributed by atoms with Crippen molar-refractivity contribution in [3.8, 4) is 5.75 Å². The first kappa shape index (κ1) is 22.2. The zero-order valence-electron chi connectivity index (χ0n) is 17.1. The van der Waals surface area contributed by atoms with E-state index in [4.69, 9.17) is 0 Å². The lowest BCUT2D eigenvalue weighted by atomic mass is 9.97. The number of hydrogen-bond donors (Lipinski definition) is 2. The minimum atomic E-state index is -0.407. The Kier molecular flexibility index (Phi) is 9.78. The third-order valence-electron chi connectivity index (χ3n) is 5.20. The van der Waals surface area contributed by atoms with E-state index in [9.17, 15) is 15.0 Å². The van der Waals surface area contributed by atoms with Crippen LogP contribution in [0.1, 0.15) is 86.2 Å². The normalized spacial score (nSPS) is 12.1. The van der Waals surface area contributed by atoms with Crippen LogP contribution < -0.4 is 0 Å². The van der Waals surface area contributed by atoms with Gasteiger partial charge >= 0.3 is 0 Å². The largest absolute Gasteiger partial charge is 0.507 e. The average Bonchev–Trinajstić information content (AvgIpc) is 2.70. The number of phenols is 1. The Labute approximate surface area is 169 Å². The molecule has 0 heterocycles. The third-order valence-corrected chi connectivity index (χ3v) is 5.20. The van der Waals surface area contributed by atoms with Gasteiger partial charge in [-0.2, -0.15) is 0 Å². The van der Waals surface area contributed by atoms with Crippen LogP contribution in [-0.2, 0) is 6.42 Å². The Morgan fingerprint density at radius 2 is 1.54 bits per heavy atom. The van der Waals surface area contributed by atoms with Crippen molar-refractivity contribution in [1.29, 1.82) is 0 Å². The molecule has 2 N–H and O–H groups in total. The summed E-state index contributed by atoms with van der Waals surface area (Å²) in [7, 11) is 0. The molecule has 1 atom stereocenters. The summed E-state index contributed by atoms with van der Waals surface area (Å²) >= 11 is 0. The highest BCUT2D eigenvalue weighted by Gasteiger charge is 2.14. The van der Waals surface area contributed by atoms with Crippen LogP contribution in [0, 0.1) is 0 Å². The first-order chi connectivity index (χ1) is 13.6. The highest BCUT2D eigenvalue weighted by atomic mass is 16.3. The number of aromatic hydroxyl groups is 1. The van der Waals surface area contributed by atoms with Crippen LogP contribution in [0.15, 0.2) is 48.5 Å². The molecule has 28 heavy (non-hydrogen) atoms. The maximum Gasteiger partial charge on any atom is 0.196 e. The molecular formula is C25H34O3. The molecule has 3 heteroatoms. The number of phenolic OH excluding ortho intramolecular Hbond substituents is 1. The number of aliphatic hydroxyl groups excluding tert-OH is 1. The summed E-state index contributed by atoms with van der Waals surface area (Å²) in [5, 5.41) is 20.5. The molecule has 0 aliphatic carbocycles. The van der Waals surface area contributed by atoms with Gasteiger partial charge in [0.1, 0.15) is 5.75 Å². The van der Waals surface area contributed by atoms with E-state index >= 15 is 0 Å². The second-order valence-electron chi connectivity index (χ2n) is 7.67. The van der Waals surface area contributed by atoms with E-state index in [1.165, 1.54) is 44.9 Å². The minimum Gasteiger partial charge on any atom is -0.507 e. The molecule has 152 valence electrons. The Hall–Kier alpha value is -2.13. The predicted molar refractivity (Wildman–Crippen MR) is 115 cm³/mol. The van der Waals surface area contributed by atoms with Crippen molar-refractivity contribution < 1.29 is 15.0 Å². The van der Waals surface area contributed by atoms with Crippen LogP contribution in [0.5, 0.6) is 5.75 Å². The highest BCUT2D eigenvalue weighted by Crippen LogP contribution is 2.23. The monoisotopic (exact) mass is 382 g/mol. The van der Waals surface area contributed by atoms with Crippen LogP contribution >= 0.6 is 0 Å². The number of ketones is 1. The highest BCUT2D eigenvalue weighted by molar-refractivity contribution is 6.10. The average molecular weight is 383 g/mol. The van der Waals surface area contributed by atoms with E-state index < -0.39 is 6.10 Å². The maximum absolute atomic E-state index is 12.5. The van der Waals surface area contributed by atoms with E-state index in [1.54, 1.807) is 36.4 Å². The first-order valence-corrected chi connectivity index (χ1v) is 10.7. The molecule has 0 saturated heterocycles. The number of unbranched alkanes of at least 4 members (excludes halogenated alkanes) is 7. The van der Waals surface area contributed by atoms with Crippen molar-refractivity contribution >= 4 is 5.78 Å². The van der Waals surface area contributed by atoms with Crippen molar-refractivity contribution in [1.82, 2.24) is 0 Å². The zero-order chi connectivity index (χ0) is 20.2. The van der Waals surface area contributed by atoms with Crippen LogP contribution in [-0.4, -0.2) is 22.1 Å². The summed E-state index contributed by atoms with van der Waals surface area (Å²) < 4.78 is 0. The van der Waals surface area contributed by atoms with Gasteiger partial charge in [-0.05, 0) is 30.5 Å². The minimum absolute atomic E-state index is 0.0226. The second-order valence-corrected chi connectivity index (χ2v) is 7.67. The van der Waals surface area contributed by atoms with Crippen molar-refractivity contribution in [2.24, 2.45) is 0 Å². The summed E-state index contributed by atoms with van der Waals surface area (Å²) in [5.74, 6) is -0.213. The quantitative estimate of drug-likeness (QED) is 0.327. The van der Waals surface area contributed by atoms with Crippen molar-refractivity contribution in [3.05, 3.63) is 65.2 Å². The predicted octanol–water partition coefficient (Wildman–Crippen LogP) is 6.06. The molecular weight excluding hydrogens is 348 g/mol. The molecule has 0 amide bonds. The van der Waals surface area contributed by atoms with Crippen molar-refractivity contribution in [3.63, 3.8) is 0 Å². The van der Waals surface area contributed by atoms with Crippen molar-refractivity contribution in [2.75, 3.05) is 0 Å². The maximum atomic E-state index is 12.5. The van der Waals surface area contributed by atoms with Gasteiger partial charge in [-0.1, -0.05) is 94.7 Å². The number of benzene rings is 2. The summed E-state index contributed by atoms with van der Waals surface area (Å²) in [5.41, 5.74) is 1.71. The number of hydrogen-bond acceptors (Lipinski definition) is 3. The third kappa shape index (κ3) is 7.47. The van der Waals surface area contributed by atoms with E-state index in [-0.39, 0.29) is 11.5 Å². The van der Waals surface area contributed by atoms with Gasteiger partial charge in [0.15, 0.2) is 5.78 Å². The summed E-state index contributed by atoms with van der Waals surface area (Å²) in [6.45, 7) is 2.23. The summed E-state index contributed by atoms with van der Waals surface area (Å²) in [4.78, 5) is 12.5. The Morgan fingerprint density at radius 3 is 2.18 bits per heavy atom. The Balaban J connectivity index is 1.75. The molecule has 0 radical (unpaired) electrons. The van der Waals surface area contributed by atoms with Gasteiger partial charge in [-0.3, -0.25) is 4.79 Å². The molecule has 0 fully saturated rings. The Bertz CT molecular complexity index is 709. The molecule has 2 aromatic rings. The number of carbonyl (C=O) groups excluding carboxylic acids is 1. The molecule has 1 unspecified atom stereocenters. The fourth-order valence-corrected chi connectivity index (χ4v) is 3.53. The smallest absolute Gasteiger partial charge is 0.196 e.